The van der Waals surface area contributed by atoms with Crippen LogP contribution in [0, 0.1) is 0 Å². The monoisotopic (exact) mass is 288 g/mol. The molecule has 0 fully saturated rings. The number of esters is 1. The Morgan fingerprint density at radius 3 is 2.69 bits per heavy atom. The molecule has 0 bridgehead atoms. The molecule has 1 unspecified atom stereocenters. The summed E-state index contributed by atoms with van der Waals surface area (Å²) in [4.78, 5) is 11.1. The van der Waals surface area contributed by atoms with Gasteiger partial charge < -0.3 is 14.6 Å². The van der Waals surface area contributed by atoms with Crippen molar-refractivity contribution in [3.8, 4) is 0 Å². The number of carbonyl (C=O) groups is 1. The van der Waals surface area contributed by atoms with Gasteiger partial charge in [-0.3, -0.25) is 0 Å². The summed E-state index contributed by atoms with van der Waals surface area (Å²) in [6.07, 6.45) is -1.25. The highest BCUT2D eigenvalue weighted by Gasteiger charge is 2.18. The highest BCUT2D eigenvalue weighted by atomic mass is 79.9. The molecule has 0 saturated heterocycles. The maximum atomic E-state index is 11.1. The molecule has 1 atom stereocenters. The number of benzene rings is 1. The van der Waals surface area contributed by atoms with Crippen molar-refractivity contribution in [2.45, 2.75) is 12.7 Å². The minimum Gasteiger partial charge on any atom is -0.467 e. The van der Waals surface area contributed by atoms with E-state index in [1.807, 2.05) is 0 Å². The predicted molar refractivity (Wildman–Crippen MR) is 61.8 cm³/mol. The number of rotatable bonds is 4. The van der Waals surface area contributed by atoms with E-state index in [1.54, 1.807) is 25.3 Å². The molecule has 1 N–H and O–H groups in total. The lowest BCUT2D eigenvalue weighted by Crippen LogP contribution is -2.13. The Morgan fingerprint density at radius 2 is 2.19 bits per heavy atom. The predicted octanol–water partition coefficient (Wildman–Crippen LogP) is 1.80. The number of hydrogen-bond donors (Lipinski definition) is 1. The molecular weight excluding hydrogens is 276 g/mol. The Labute approximate surface area is 102 Å². The first-order chi connectivity index (χ1) is 7.60. The van der Waals surface area contributed by atoms with E-state index in [1.165, 1.54) is 7.11 Å². The van der Waals surface area contributed by atoms with Gasteiger partial charge in [0.05, 0.1) is 13.7 Å². The molecule has 0 aliphatic heterocycles. The molecular formula is C11H13BrO4. The number of methoxy groups -OCH3 is 2. The summed E-state index contributed by atoms with van der Waals surface area (Å²) in [7, 11) is 2.84. The number of hydrogen-bond acceptors (Lipinski definition) is 4. The van der Waals surface area contributed by atoms with Gasteiger partial charge in [0.15, 0.2) is 6.10 Å². The lowest BCUT2D eigenvalue weighted by Gasteiger charge is -2.10. The number of carbonyl (C=O) groups excluding carboxylic acids is 1. The van der Waals surface area contributed by atoms with Crippen molar-refractivity contribution in [1.29, 1.82) is 0 Å². The van der Waals surface area contributed by atoms with Crippen LogP contribution in [0.25, 0.3) is 0 Å². The molecule has 88 valence electrons. The fraction of sp³-hybridized carbons (Fsp3) is 0.364. The van der Waals surface area contributed by atoms with Gasteiger partial charge in [-0.05, 0) is 17.2 Å². The van der Waals surface area contributed by atoms with Gasteiger partial charge in [0.1, 0.15) is 0 Å². The molecule has 0 saturated carbocycles. The standard InChI is InChI=1S/C11H13BrO4/c1-15-6-8-4-3-7(5-9(8)12)10(13)11(14)16-2/h3-5,10,13H,6H2,1-2H3. The van der Waals surface area contributed by atoms with Gasteiger partial charge in [-0.25, -0.2) is 4.79 Å². The van der Waals surface area contributed by atoms with Crippen molar-refractivity contribution in [3.05, 3.63) is 33.8 Å². The van der Waals surface area contributed by atoms with Crippen LogP contribution in [0.3, 0.4) is 0 Å². The van der Waals surface area contributed by atoms with Crippen molar-refractivity contribution in [2.75, 3.05) is 14.2 Å². The van der Waals surface area contributed by atoms with Crippen LogP contribution in [-0.4, -0.2) is 25.3 Å². The van der Waals surface area contributed by atoms with Crippen LogP contribution in [0.5, 0.6) is 0 Å². The van der Waals surface area contributed by atoms with Gasteiger partial charge >= 0.3 is 5.97 Å². The first kappa shape index (κ1) is 13.2. The Kier molecular flexibility index (Phi) is 4.92. The van der Waals surface area contributed by atoms with E-state index in [0.29, 0.717) is 12.2 Å². The van der Waals surface area contributed by atoms with Gasteiger partial charge in [0.2, 0.25) is 0 Å². The molecule has 0 amide bonds. The Morgan fingerprint density at radius 1 is 1.50 bits per heavy atom. The lowest BCUT2D eigenvalue weighted by molar-refractivity contribution is -0.150. The first-order valence-electron chi connectivity index (χ1n) is 4.63. The molecule has 0 spiro atoms. The lowest BCUT2D eigenvalue weighted by atomic mass is 10.1. The summed E-state index contributed by atoms with van der Waals surface area (Å²) < 4.78 is 10.2. The molecule has 0 aliphatic rings. The second-order valence-electron chi connectivity index (χ2n) is 3.21. The van der Waals surface area contributed by atoms with Gasteiger partial charge in [-0.1, -0.05) is 28.1 Å². The van der Waals surface area contributed by atoms with E-state index >= 15 is 0 Å². The highest BCUT2D eigenvalue weighted by molar-refractivity contribution is 9.10. The summed E-state index contributed by atoms with van der Waals surface area (Å²) in [5, 5.41) is 9.61. The zero-order valence-corrected chi connectivity index (χ0v) is 10.7. The average molecular weight is 289 g/mol. The van der Waals surface area contributed by atoms with E-state index < -0.39 is 12.1 Å². The molecule has 1 aromatic carbocycles. The maximum Gasteiger partial charge on any atom is 0.339 e. The highest BCUT2D eigenvalue weighted by Crippen LogP contribution is 2.23. The average Bonchev–Trinajstić information content (AvgIpc) is 2.30. The van der Waals surface area contributed by atoms with Gasteiger partial charge in [0.25, 0.3) is 0 Å². The Balaban J connectivity index is 2.92. The van der Waals surface area contributed by atoms with Crippen molar-refractivity contribution in [1.82, 2.24) is 0 Å². The van der Waals surface area contributed by atoms with Crippen molar-refractivity contribution in [3.63, 3.8) is 0 Å². The largest absolute Gasteiger partial charge is 0.467 e. The maximum absolute atomic E-state index is 11.1. The molecule has 0 heterocycles. The minimum atomic E-state index is -1.25. The summed E-state index contributed by atoms with van der Waals surface area (Å²) in [5.41, 5.74) is 1.43. The van der Waals surface area contributed by atoms with E-state index in [-0.39, 0.29) is 0 Å². The number of halogens is 1. The van der Waals surface area contributed by atoms with Crippen LogP contribution < -0.4 is 0 Å². The number of aliphatic hydroxyl groups excluding tert-OH is 1. The topological polar surface area (TPSA) is 55.8 Å². The fourth-order valence-corrected chi connectivity index (χ4v) is 1.76. The van der Waals surface area contributed by atoms with Crippen LogP contribution in [0.2, 0.25) is 0 Å². The second-order valence-corrected chi connectivity index (χ2v) is 4.06. The van der Waals surface area contributed by atoms with Crippen LogP contribution in [0.15, 0.2) is 22.7 Å². The minimum absolute atomic E-state index is 0.467. The third kappa shape index (κ3) is 3.04. The van der Waals surface area contributed by atoms with Crippen molar-refractivity contribution in [2.24, 2.45) is 0 Å². The Hall–Kier alpha value is -0.910. The van der Waals surface area contributed by atoms with E-state index in [4.69, 9.17) is 4.74 Å². The molecule has 0 aliphatic carbocycles. The second kappa shape index (κ2) is 5.98. The van der Waals surface area contributed by atoms with E-state index in [2.05, 4.69) is 20.7 Å². The number of aliphatic hydroxyl groups is 1. The van der Waals surface area contributed by atoms with Gasteiger partial charge in [0, 0.05) is 11.6 Å². The summed E-state index contributed by atoms with van der Waals surface area (Å²) >= 11 is 3.34. The van der Waals surface area contributed by atoms with Crippen molar-refractivity contribution < 1.29 is 19.4 Å². The molecule has 16 heavy (non-hydrogen) atoms. The molecule has 1 rings (SSSR count). The van der Waals surface area contributed by atoms with Gasteiger partial charge in [-0.2, -0.15) is 0 Å². The van der Waals surface area contributed by atoms with E-state index in [9.17, 15) is 9.90 Å². The van der Waals surface area contributed by atoms with Crippen LogP contribution in [0.1, 0.15) is 17.2 Å². The van der Waals surface area contributed by atoms with E-state index in [0.717, 1.165) is 10.0 Å². The normalized spacial score (nSPS) is 12.2. The van der Waals surface area contributed by atoms with Crippen molar-refractivity contribution >= 4 is 21.9 Å². The van der Waals surface area contributed by atoms with Crippen LogP contribution in [-0.2, 0) is 20.9 Å². The SMILES string of the molecule is COCc1ccc(C(O)C(=O)OC)cc1Br. The smallest absolute Gasteiger partial charge is 0.339 e. The van der Waals surface area contributed by atoms with Gasteiger partial charge in [-0.15, -0.1) is 0 Å². The fourth-order valence-electron chi connectivity index (χ4n) is 1.25. The third-order valence-electron chi connectivity index (χ3n) is 2.12. The van der Waals surface area contributed by atoms with Crippen LogP contribution >= 0.6 is 15.9 Å². The van der Waals surface area contributed by atoms with Crippen LogP contribution in [0.4, 0.5) is 0 Å². The zero-order valence-electron chi connectivity index (χ0n) is 9.07. The molecule has 5 heteroatoms. The summed E-state index contributed by atoms with van der Waals surface area (Å²) in [6, 6.07) is 5.13. The third-order valence-corrected chi connectivity index (χ3v) is 2.86. The molecule has 0 aromatic heterocycles. The number of ether oxygens (including phenoxy) is 2. The molecule has 4 nitrogen and oxygen atoms in total. The molecule has 1 aromatic rings. The first-order valence-corrected chi connectivity index (χ1v) is 5.42. The Bertz CT molecular complexity index is 378. The quantitative estimate of drug-likeness (QED) is 0.859. The molecule has 0 radical (unpaired) electrons. The summed E-state index contributed by atoms with van der Waals surface area (Å²) in [5.74, 6) is -0.675. The zero-order chi connectivity index (χ0) is 12.1. The summed E-state index contributed by atoms with van der Waals surface area (Å²) in [6.45, 7) is 0.467.